The van der Waals surface area contributed by atoms with E-state index in [1.165, 1.54) is 6.92 Å². The van der Waals surface area contributed by atoms with Gasteiger partial charge >= 0.3 is 5.97 Å². The number of H-pyrrole nitrogens is 2. The molecule has 0 aliphatic rings. The first-order valence-electron chi connectivity index (χ1n) is 17.8. The molecule has 2 heterocycles. The number of carboxylic acid groups (broad SMARTS) is 1. The van der Waals surface area contributed by atoms with Crippen molar-refractivity contribution in [2.75, 3.05) is 26.2 Å². The van der Waals surface area contributed by atoms with Crippen molar-refractivity contribution in [1.29, 1.82) is 0 Å². The van der Waals surface area contributed by atoms with E-state index < -0.39 is 91.1 Å². The number of amides is 7. The van der Waals surface area contributed by atoms with Crippen LogP contribution in [0, 0.1) is 12.3 Å². The Hall–Kier alpha value is -7.20. The quantitative estimate of drug-likeness (QED) is 0.0430. The molecule has 7 amide bonds. The first-order chi connectivity index (χ1) is 27.3. The summed E-state index contributed by atoms with van der Waals surface area (Å²) in [6, 6.07) is 9.46. The summed E-state index contributed by atoms with van der Waals surface area (Å²) in [6.45, 7) is -0.592. The molecule has 0 bridgehead atoms. The molecule has 4 aromatic rings. The molecular weight excluding hydrogens is 740 g/mol. The molecule has 0 radical (unpaired) electrons. The highest BCUT2D eigenvalue weighted by Crippen LogP contribution is 2.21. The van der Waals surface area contributed by atoms with Crippen molar-refractivity contribution in [3.63, 3.8) is 0 Å². The molecule has 19 nitrogen and oxygen atoms in total. The number of aliphatic carboxylic acids is 1. The molecule has 19 heteroatoms. The summed E-state index contributed by atoms with van der Waals surface area (Å²) in [5, 5.41) is 27.9. The average molecular weight is 785 g/mol. The minimum Gasteiger partial charge on any atom is -0.480 e. The number of rotatable bonds is 20. The number of carbonyl (C=O) groups is 8. The van der Waals surface area contributed by atoms with Gasteiger partial charge in [0.15, 0.2) is 0 Å². The lowest BCUT2D eigenvalue weighted by Crippen LogP contribution is -2.57. The molecule has 57 heavy (non-hydrogen) atoms. The summed E-state index contributed by atoms with van der Waals surface area (Å²) < 4.78 is 0. The monoisotopic (exact) mass is 784 g/mol. The lowest BCUT2D eigenvalue weighted by molar-refractivity contribution is -0.142. The van der Waals surface area contributed by atoms with Crippen LogP contribution in [0.3, 0.4) is 0 Å². The van der Waals surface area contributed by atoms with Crippen molar-refractivity contribution < 1.29 is 43.5 Å². The Morgan fingerprint density at radius 1 is 0.649 bits per heavy atom. The van der Waals surface area contributed by atoms with E-state index in [2.05, 4.69) is 53.1 Å². The normalized spacial score (nSPS) is 12.9. The van der Waals surface area contributed by atoms with Crippen molar-refractivity contribution in [3.8, 4) is 12.3 Å². The van der Waals surface area contributed by atoms with Crippen LogP contribution < -0.4 is 43.0 Å². The van der Waals surface area contributed by atoms with Gasteiger partial charge in [-0.1, -0.05) is 36.4 Å². The highest BCUT2D eigenvalue weighted by molar-refractivity contribution is 5.97. The number of terminal acetylenes is 1. The lowest BCUT2D eigenvalue weighted by Gasteiger charge is -2.23. The van der Waals surface area contributed by atoms with E-state index >= 15 is 0 Å². The van der Waals surface area contributed by atoms with Crippen LogP contribution in [-0.4, -0.2) is 113 Å². The molecule has 0 aliphatic heterocycles. The van der Waals surface area contributed by atoms with Gasteiger partial charge in [-0.25, -0.2) is 4.79 Å². The Morgan fingerprint density at radius 3 is 1.70 bits per heavy atom. The smallest absolute Gasteiger partial charge is 0.327 e. The number of nitrogens with one attached hydrogen (secondary N) is 9. The molecule has 0 saturated carbocycles. The average Bonchev–Trinajstić information content (AvgIpc) is 3.81. The Kier molecular flexibility index (Phi) is 15.3. The van der Waals surface area contributed by atoms with Gasteiger partial charge in [0.2, 0.25) is 41.4 Å². The maximum atomic E-state index is 14.1. The number of para-hydroxylation sites is 2. The van der Waals surface area contributed by atoms with Crippen LogP contribution in [0.4, 0.5) is 0 Å². The van der Waals surface area contributed by atoms with Gasteiger partial charge in [-0.15, -0.1) is 12.3 Å². The summed E-state index contributed by atoms with van der Waals surface area (Å²) in [4.78, 5) is 107. The summed E-state index contributed by atoms with van der Waals surface area (Å²) in [5.41, 5.74) is 8.10. The Bertz CT molecular complexity index is 2170. The zero-order chi connectivity index (χ0) is 41.5. The number of benzene rings is 2. The maximum Gasteiger partial charge on any atom is 0.327 e. The molecule has 2 aromatic heterocycles. The fourth-order valence-corrected chi connectivity index (χ4v) is 5.73. The topological polar surface area (TPSA) is 299 Å². The van der Waals surface area contributed by atoms with Crippen LogP contribution in [0.25, 0.3) is 21.8 Å². The van der Waals surface area contributed by atoms with Crippen LogP contribution >= 0.6 is 0 Å². The molecule has 0 saturated heterocycles. The van der Waals surface area contributed by atoms with Crippen molar-refractivity contribution in [1.82, 2.24) is 47.2 Å². The summed E-state index contributed by atoms with van der Waals surface area (Å²) >= 11 is 0. The van der Waals surface area contributed by atoms with Crippen molar-refractivity contribution in [2.24, 2.45) is 5.73 Å². The first kappa shape index (κ1) is 42.5. The Balaban J connectivity index is 1.51. The second-order valence-corrected chi connectivity index (χ2v) is 12.9. The van der Waals surface area contributed by atoms with Gasteiger partial charge in [0.1, 0.15) is 24.2 Å². The van der Waals surface area contributed by atoms with E-state index in [1.807, 2.05) is 42.5 Å². The SMILES string of the molecule is C#CCC(NC(=O)C(C)NC(=O)CNC(=O)C(Cc1c[nH]c2ccccc12)NC(=O)C(Cc1c[nH]c2ccccc12)NC(=O)CNC(=O)CNC(=O)CN)C(=O)O. The third-order valence-corrected chi connectivity index (χ3v) is 8.69. The van der Waals surface area contributed by atoms with Crippen molar-refractivity contribution >= 4 is 69.1 Å². The molecule has 4 unspecified atom stereocenters. The second-order valence-electron chi connectivity index (χ2n) is 12.9. The van der Waals surface area contributed by atoms with Crippen LogP contribution in [0.1, 0.15) is 24.5 Å². The number of aromatic nitrogens is 2. The molecule has 0 spiro atoms. The van der Waals surface area contributed by atoms with Gasteiger partial charge in [-0.2, -0.15) is 0 Å². The zero-order valence-corrected chi connectivity index (χ0v) is 30.9. The number of fused-ring (bicyclic) bond motifs is 2. The van der Waals surface area contributed by atoms with E-state index in [1.54, 1.807) is 18.5 Å². The minimum atomic E-state index is -1.37. The van der Waals surface area contributed by atoms with Crippen LogP contribution in [0.5, 0.6) is 0 Å². The highest BCUT2D eigenvalue weighted by atomic mass is 16.4. The highest BCUT2D eigenvalue weighted by Gasteiger charge is 2.30. The lowest BCUT2D eigenvalue weighted by atomic mass is 10.0. The number of carbonyl (C=O) groups excluding carboxylic acids is 7. The van der Waals surface area contributed by atoms with E-state index in [0.29, 0.717) is 11.1 Å². The largest absolute Gasteiger partial charge is 0.480 e. The number of hydrogen-bond acceptors (Lipinski definition) is 9. The van der Waals surface area contributed by atoms with Gasteiger partial charge in [-0.3, -0.25) is 33.6 Å². The van der Waals surface area contributed by atoms with Crippen molar-refractivity contribution in [3.05, 3.63) is 72.1 Å². The van der Waals surface area contributed by atoms with E-state index in [9.17, 15) is 43.5 Å². The second kappa shape index (κ2) is 20.5. The minimum absolute atomic E-state index is 0.0318. The zero-order valence-electron chi connectivity index (χ0n) is 30.9. The predicted molar refractivity (Wildman–Crippen MR) is 207 cm³/mol. The molecule has 4 atom stereocenters. The number of nitrogens with two attached hydrogens (primary N) is 1. The fourth-order valence-electron chi connectivity index (χ4n) is 5.73. The van der Waals surface area contributed by atoms with E-state index in [4.69, 9.17) is 12.2 Å². The standard InChI is InChI=1S/C38H44N10O9/c1-3-8-28(38(56)57)47-35(53)21(2)45-33(51)20-44-36(54)29(13-22-16-40-26-11-6-4-9-24(22)26)48-37(55)30(14-23-17-41-27-12-7-5-10-25(23)27)46-34(52)19-43-32(50)18-42-31(49)15-39/h1,4-7,9-12,16-17,21,28-30,40-41H,8,13-15,18-20,39H2,2H3,(H,42,49)(H,43,50)(H,44,54)(H,45,51)(H,46,52)(H,47,53)(H,48,55)(H,56,57). The van der Waals surface area contributed by atoms with Gasteiger partial charge < -0.3 is 58.0 Å². The van der Waals surface area contributed by atoms with Gasteiger partial charge in [-0.05, 0) is 30.2 Å². The van der Waals surface area contributed by atoms with Gasteiger partial charge in [0, 0.05) is 53.5 Å². The van der Waals surface area contributed by atoms with E-state index in [0.717, 1.165) is 21.8 Å². The maximum absolute atomic E-state index is 14.1. The third kappa shape index (κ3) is 12.4. The third-order valence-electron chi connectivity index (χ3n) is 8.69. The summed E-state index contributed by atoms with van der Waals surface area (Å²) in [6.07, 6.45) is 8.18. The molecule has 4 rings (SSSR count). The van der Waals surface area contributed by atoms with E-state index in [-0.39, 0.29) is 25.8 Å². The number of hydrogen-bond donors (Lipinski definition) is 11. The van der Waals surface area contributed by atoms with Crippen LogP contribution in [-0.2, 0) is 51.2 Å². The summed E-state index contributed by atoms with van der Waals surface area (Å²) in [5.74, 6) is -4.32. The molecular formula is C38H44N10O9. The van der Waals surface area contributed by atoms with Gasteiger partial charge in [0.05, 0.1) is 26.2 Å². The first-order valence-corrected chi connectivity index (χ1v) is 17.8. The fraction of sp³-hybridized carbons (Fsp3) is 0.316. The molecule has 0 fully saturated rings. The van der Waals surface area contributed by atoms with Crippen LogP contribution in [0.15, 0.2) is 60.9 Å². The molecule has 2 aromatic carbocycles. The van der Waals surface area contributed by atoms with Crippen LogP contribution in [0.2, 0.25) is 0 Å². The Labute approximate surface area is 326 Å². The van der Waals surface area contributed by atoms with Crippen molar-refractivity contribution in [2.45, 2.75) is 50.4 Å². The molecule has 0 aliphatic carbocycles. The predicted octanol–water partition coefficient (Wildman–Crippen LogP) is -2.19. The molecule has 300 valence electrons. The summed E-state index contributed by atoms with van der Waals surface area (Å²) in [7, 11) is 0. The number of carboxylic acids is 1. The Morgan fingerprint density at radius 2 is 1.14 bits per heavy atom. The molecule has 12 N–H and O–H groups in total. The van der Waals surface area contributed by atoms with Gasteiger partial charge in [0.25, 0.3) is 0 Å². The number of aromatic amines is 2.